The Morgan fingerprint density at radius 3 is 2.42 bits per heavy atom. The van der Waals surface area contributed by atoms with E-state index in [4.69, 9.17) is 0 Å². The Kier molecular flexibility index (Phi) is 4.53. The molecule has 4 rings (SSSR count). The molecule has 2 aliphatic heterocycles. The lowest BCUT2D eigenvalue weighted by molar-refractivity contribution is 0.0951. The SMILES string of the molecule is CCc1ccc(C2=CC3CCCC(C2)N3Cc2ccccc2)cc1. The fourth-order valence-corrected chi connectivity index (χ4v) is 4.33. The van der Waals surface area contributed by atoms with Crippen molar-refractivity contribution in [1.82, 2.24) is 4.90 Å². The van der Waals surface area contributed by atoms with Crippen LogP contribution in [0, 0.1) is 0 Å². The third kappa shape index (κ3) is 3.18. The summed E-state index contributed by atoms with van der Waals surface area (Å²) in [7, 11) is 0. The van der Waals surface area contributed by atoms with Crippen LogP contribution in [0.25, 0.3) is 5.57 Å². The van der Waals surface area contributed by atoms with Crippen LogP contribution in [0.5, 0.6) is 0 Å². The standard InChI is InChI=1S/C23H27N/c1-2-18-11-13-20(14-12-18)21-15-22-9-6-10-23(16-21)24(22)17-19-7-4-3-5-8-19/h3-5,7-8,11-15,22-23H,2,6,9-10,16-17H2,1H3. The Hall–Kier alpha value is -1.86. The Bertz CT molecular complexity index is 699. The maximum Gasteiger partial charge on any atom is 0.0290 e. The molecule has 0 radical (unpaired) electrons. The van der Waals surface area contributed by atoms with Crippen LogP contribution < -0.4 is 0 Å². The lowest BCUT2D eigenvalue weighted by Gasteiger charge is -2.45. The molecule has 1 heteroatoms. The number of piperidine rings is 1. The largest absolute Gasteiger partial charge is 0.289 e. The Morgan fingerprint density at radius 1 is 0.917 bits per heavy atom. The first-order valence-corrected chi connectivity index (χ1v) is 9.43. The number of hydrogen-bond donors (Lipinski definition) is 0. The monoisotopic (exact) mass is 317 g/mol. The van der Waals surface area contributed by atoms with Crippen LogP contribution in [-0.2, 0) is 13.0 Å². The summed E-state index contributed by atoms with van der Waals surface area (Å²) in [6.07, 6.45) is 8.90. The predicted molar refractivity (Wildman–Crippen MR) is 102 cm³/mol. The van der Waals surface area contributed by atoms with Crippen LogP contribution in [-0.4, -0.2) is 17.0 Å². The van der Waals surface area contributed by atoms with Crippen LogP contribution in [0.3, 0.4) is 0 Å². The molecule has 2 aromatic carbocycles. The van der Waals surface area contributed by atoms with Crippen molar-refractivity contribution in [3.8, 4) is 0 Å². The van der Waals surface area contributed by atoms with E-state index in [1.54, 1.807) is 5.57 Å². The van der Waals surface area contributed by atoms with Crippen molar-refractivity contribution in [1.29, 1.82) is 0 Å². The van der Waals surface area contributed by atoms with Crippen LogP contribution in [0.4, 0.5) is 0 Å². The van der Waals surface area contributed by atoms with E-state index in [2.05, 4.69) is 72.5 Å². The highest BCUT2D eigenvalue weighted by Crippen LogP contribution is 2.37. The molecule has 124 valence electrons. The number of fused-ring (bicyclic) bond motifs is 2. The average Bonchev–Trinajstić information content (AvgIpc) is 2.62. The first-order valence-electron chi connectivity index (χ1n) is 9.43. The average molecular weight is 317 g/mol. The van der Waals surface area contributed by atoms with Gasteiger partial charge in [-0.05, 0) is 47.9 Å². The molecule has 0 saturated carbocycles. The molecule has 0 N–H and O–H groups in total. The second-order valence-corrected chi connectivity index (χ2v) is 7.26. The maximum absolute atomic E-state index is 2.74. The van der Waals surface area contributed by atoms with E-state index in [1.165, 1.54) is 42.4 Å². The number of benzene rings is 2. The first-order chi connectivity index (χ1) is 11.8. The smallest absolute Gasteiger partial charge is 0.0290 e. The fraction of sp³-hybridized carbons (Fsp3) is 0.391. The van der Waals surface area contributed by atoms with Gasteiger partial charge >= 0.3 is 0 Å². The Balaban J connectivity index is 1.57. The van der Waals surface area contributed by atoms with E-state index in [-0.39, 0.29) is 0 Å². The van der Waals surface area contributed by atoms with E-state index < -0.39 is 0 Å². The summed E-state index contributed by atoms with van der Waals surface area (Å²) in [5.74, 6) is 0. The summed E-state index contributed by atoms with van der Waals surface area (Å²) in [5, 5.41) is 0. The highest BCUT2D eigenvalue weighted by Gasteiger charge is 2.33. The number of aryl methyl sites for hydroxylation is 1. The molecule has 0 spiro atoms. The molecular weight excluding hydrogens is 290 g/mol. The first kappa shape index (κ1) is 15.7. The van der Waals surface area contributed by atoms with Crippen molar-refractivity contribution in [3.63, 3.8) is 0 Å². The molecule has 1 fully saturated rings. The van der Waals surface area contributed by atoms with Crippen molar-refractivity contribution in [3.05, 3.63) is 77.4 Å². The summed E-state index contributed by atoms with van der Waals surface area (Å²) < 4.78 is 0. The summed E-state index contributed by atoms with van der Waals surface area (Å²) in [6, 6.07) is 21.5. The molecule has 2 bridgehead atoms. The fourth-order valence-electron chi connectivity index (χ4n) is 4.33. The summed E-state index contributed by atoms with van der Waals surface area (Å²) in [6.45, 7) is 3.31. The molecule has 0 amide bonds. The van der Waals surface area contributed by atoms with Gasteiger partial charge in [-0.1, -0.05) is 74.0 Å². The Labute approximate surface area is 146 Å². The van der Waals surface area contributed by atoms with Crippen molar-refractivity contribution in [2.45, 2.75) is 57.7 Å². The molecule has 24 heavy (non-hydrogen) atoms. The predicted octanol–water partition coefficient (Wildman–Crippen LogP) is 5.46. The lowest BCUT2D eigenvalue weighted by atomic mass is 9.82. The van der Waals surface area contributed by atoms with Crippen molar-refractivity contribution in [2.24, 2.45) is 0 Å². The zero-order chi connectivity index (χ0) is 16.4. The van der Waals surface area contributed by atoms with E-state index in [0.29, 0.717) is 12.1 Å². The molecule has 2 aromatic rings. The third-order valence-electron chi connectivity index (χ3n) is 5.72. The molecule has 2 unspecified atom stereocenters. The minimum atomic E-state index is 0.610. The van der Waals surface area contributed by atoms with Gasteiger partial charge in [0.15, 0.2) is 0 Å². The van der Waals surface area contributed by atoms with Crippen LogP contribution in [0.15, 0.2) is 60.7 Å². The molecule has 1 saturated heterocycles. The van der Waals surface area contributed by atoms with Gasteiger partial charge in [-0.2, -0.15) is 0 Å². The Morgan fingerprint density at radius 2 is 1.71 bits per heavy atom. The van der Waals surface area contributed by atoms with Gasteiger partial charge in [0, 0.05) is 18.6 Å². The van der Waals surface area contributed by atoms with Gasteiger partial charge in [-0.25, -0.2) is 0 Å². The van der Waals surface area contributed by atoms with Crippen LogP contribution in [0.2, 0.25) is 0 Å². The minimum absolute atomic E-state index is 0.610. The van der Waals surface area contributed by atoms with Crippen LogP contribution in [0.1, 0.15) is 49.3 Å². The second kappa shape index (κ2) is 6.94. The minimum Gasteiger partial charge on any atom is -0.289 e. The zero-order valence-electron chi connectivity index (χ0n) is 14.6. The van der Waals surface area contributed by atoms with E-state index in [1.807, 2.05) is 0 Å². The van der Waals surface area contributed by atoms with E-state index >= 15 is 0 Å². The molecule has 0 aliphatic carbocycles. The topological polar surface area (TPSA) is 3.24 Å². The number of hydrogen-bond acceptors (Lipinski definition) is 1. The number of rotatable bonds is 4. The van der Waals surface area contributed by atoms with Gasteiger partial charge in [0.2, 0.25) is 0 Å². The normalized spacial score (nSPS) is 23.8. The van der Waals surface area contributed by atoms with Crippen molar-refractivity contribution >= 4 is 5.57 Å². The van der Waals surface area contributed by atoms with Crippen molar-refractivity contribution < 1.29 is 0 Å². The molecule has 2 aliphatic rings. The number of nitrogens with zero attached hydrogens (tertiary/aromatic N) is 1. The lowest BCUT2D eigenvalue weighted by Crippen LogP contribution is -2.47. The van der Waals surface area contributed by atoms with Gasteiger partial charge < -0.3 is 0 Å². The van der Waals surface area contributed by atoms with Crippen LogP contribution >= 0.6 is 0 Å². The molecule has 1 nitrogen and oxygen atoms in total. The van der Waals surface area contributed by atoms with Crippen molar-refractivity contribution in [2.75, 3.05) is 0 Å². The molecule has 2 atom stereocenters. The highest BCUT2D eigenvalue weighted by molar-refractivity contribution is 5.68. The molecule has 0 aromatic heterocycles. The van der Waals surface area contributed by atoms with Gasteiger partial charge in [-0.15, -0.1) is 0 Å². The highest BCUT2D eigenvalue weighted by atomic mass is 15.2. The summed E-state index contributed by atoms with van der Waals surface area (Å²) in [5.41, 5.74) is 5.87. The third-order valence-corrected chi connectivity index (χ3v) is 5.72. The second-order valence-electron chi connectivity index (χ2n) is 7.26. The summed E-state index contributed by atoms with van der Waals surface area (Å²) >= 11 is 0. The molecule has 2 heterocycles. The molecular formula is C23H27N. The van der Waals surface area contributed by atoms with Gasteiger partial charge in [-0.3, -0.25) is 4.90 Å². The van der Waals surface area contributed by atoms with E-state index in [0.717, 1.165) is 13.0 Å². The van der Waals surface area contributed by atoms with Gasteiger partial charge in [0.1, 0.15) is 0 Å². The zero-order valence-corrected chi connectivity index (χ0v) is 14.6. The van der Waals surface area contributed by atoms with Gasteiger partial charge in [0.25, 0.3) is 0 Å². The maximum atomic E-state index is 2.74. The quantitative estimate of drug-likeness (QED) is 0.724. The summed E-state index contributed by atoms with van der Waals surface area (Å²) in [4.78, 5) is 2.74. The van der Waals surface area contributed by atoms with E-state index in [9.17, 15) is 0 Å². The van der Waals surface area contributed by atoms with Gasteiger partial charge in [0.05, 0.1) is 0 Å².